The van der Waals surface area contributed by atoms with Crippen molar-refractivity contribution >= 4 is 42.1 Å². The summed E-state index contributed by atoms with van der Waals surface area (Å²) in [6, 6.07) is 0. The summed E-state index contributed by atoms with van der Waals surface area (Å²) >= 11 is 1.65. The number of hydrogen-bond acceptors (Lipinski definition) is 4. The molecule has 20 heavy (non-hydrogen) atoms. The summed E-state index contributed by atoms with van der Waals surface area (Å²) in [5, 5.41) is 6.13. The van der Waals surface area contributed by atoms with E-state index in [1.54, 1.807) is 11.3 Å². The van der Waals surface area contributed by atoms with Crippen LogP contribution in [0.3, 0.4) is 0 Å². The van der Waals surface area contributed by atoms with E-state index < -0.39 is 0 Å². The van der Waals surface area contributed by atoms with Crippen molar-refractivity contribution in [3.05, 3.63) is 16.1 Å². The van der Waals surface area contributed by atoms with Gasteiger partial charge < -0.3 is 11.1 Å². The van der Waals surface area contributed by atoms with Crippen molar-refractivity contribution in [3.8, 4) is 0 Å². The predicted octanol–water partition coefficient (Wildman–Crippen LogP) is 2.68. The van der Waals surface area contributed by atoms with E-state index in [0.29, 0.717) is 13.1 Å². The van der Waals surface area contributed by atoms with Gasteiger partial charge in [0.1, 0.15) is 0 Å². The van der Waals surface area contributed by atoms with Gasteiger partial charge in [0.05, 0.1) is 22.7 Å². The molecule has 1 aliphatic carbocycles. The van der Waals surface area contributed by atoms with Crippen molar-refractivity contribution in [2.45, 2.75) is 45.6 Å². The van der Waals surface area contributed by atoms with Crippen molar-refractivity contribution in [2.24, 2.45) is 11.1 Å². The molecule has 1 aromatic heterocycles. The Morgan fingerprint density at radius 1 is 1.45 bits per heavy atom. The molecule has 1 aliphatic rings. The molecule has 7 heteroatoms. The fraction of sp³-hybridized carbons (Fsp3) is 0.692. The van der Waals surface area contributed by atoms with E-state index in [0.717, 1.165) is 42.8 Å². The van der Waals surface area contributed by atoms with E-state index in [9.17, 15) is 4.79 Å². The Kier molecular flexibility index (Phi) is 8.66. The molecule has 1 fully saturated rings. The highest BCUT2D eigenvalue weighted by Crippen LogP contribution is 2.37. The highest BCUT2D eigenvalue weighted by molar-refractivity contribution is 7.09. The van der Waals surface area contributed by atoms with Crippen LogP contribution in [0.4, 0.5) is 0 Å². The molecule has 4 nitrogen and oxygen atoms in total. The number of carbonyl (C=O) groups is 1. The third-order valence-corrected chi connectivity index (χ3v) is 4.81. The van der Waals surface area contributed by atoms with Gasteiger partial charge in [0, 0.05) is 11.9 Å². The van der Waals surface area contributed by atoms with E-state index in [1.807, 2.05) is 5.38 Å². The Labute approximate surface area is 136 Å². The maximum atomic E-state index is 12.2. The van der Waals surface area contributed by atoms with Gasteiger partial charge in [0.2, 0.25) is 5.91 Å². The zero-order valence-corrected chi connectivity index (χ0v) is 14.1. The minimum atomic E-state index is -0.316. The number of nitrogens with one attached hydrogen (secondary N) is 1. The number of thiazole rings is 1. The van der Waals surface area contributed by atoms with Crippen molar-refractivity contribution < 1.29 is 4.79 Å². The molecule has 0 radical (unpaired) electrons. The number of aryl methyl sites for hydroxylation is 1. The topological polar surface area (TPSA) is 68.0 Å². The Bertz CT molecular complexity index is 420. The molecule has 1 saturated carbocycles. The monoisotopic (exact) mass is 339 g/mol. The Hall–Kier alpha value is -0.360. The molecule has 1 heterocycles. The molecule has 1 aromatic rings. The minimum Gasteiger partial charge on any atom is -0.350 e. The Morgan fingerprint density at radius 3 is 2.60 bits per heavy atom. The lowest BCUT2D eigenvalue weighted by Gasteiger charge is -2.25. The van der Waals surface area contributed by atoms with E-state index in [1.165, 1.54) is 0 Å². The average molecular weight is 340 g/mol. The van der Waals surface area contributed by atoms with Crippen molar-refractivity contribution in [3.63, 3.8) is 0 Å². The molecule has 116 valence electrons. The van der Waals surface area contributed by atoms with Crippen LogP contribution in [0.25, 0.3) is 0 Å². The molecule has 0 bridgehead atoms. The van der Waals surface area contributed by atoms with Gasteiger partial charge in [-0.15, -0.1) is 36.2 Å². The highest BCUT2D eigenvalue weighted by Gasteiger charge is 2.39. The van der Waals surface area contributed by atoms with Crippen LogP contribution in [-0.4, -0.2) is 17.4 Å². The summed E-state index contributed by atoms with van der Waals surface area (Å²) in [6.45, 7) is 3.07. The molecule has 0 unspecified atom stereocenters. The van der Waals surface area contributed by atoms with Crippen LogP contribution < -0.4 is 11.1 Å². The van der Waals surface area contributed by atoms with Gasteiger partial charge in [0.15, 0.2) is 0 Å². The third kappa shape index (κ3) is 4.32. The first-order valence-electron chi connectivity index (χ1n) is 6.62. The number of rotatable bonds is 5. The Balaban J connectivity index is 0.00000180. The summed E-state index contributed by atoms with van der Waals surface area (Å²) in [4.78, 5) is 16.7. The first-order valence-corrected chi connectivity index (χ1v) is 7.50. The zero-order valence-electron chi connectivity index (χ0n) is 11.7. The molecule has 1 amide bonds. The summed E-state index contributed by atoms with van der Waals surface area (Å²) in [7, 11) is 0. The van der Waals surface area contributed by atoms with Gasteiger partial charge in [0.25, 0.3) is 0 Å². The molecule has 2 rings (SSSR count). The summed E-state index contributed by atoms with van der Waals surface area (Å²) in [5.41, 5.74) is 6.43. The van der Waals surface area contributed by atoms with Crippen LogP contribution in [0.1, 0.15) is 43.3 Å². The number of nitrogens with zero attached hydrogens (tertiary/aromatic N) is 1. The molecule has 0 spiro atoms. The second kappa shape index (κ2) is 8.82. The second-order valence-corrected chi connectivity index (χ2v) is 5.90. The first kappa shape index (κ1) is 19.6. The van der Waals surface area contributed by atoms with Crippen LogP contribution in [0.2, 0.25) is 0 Å². The Morgan fingerprint density at radius 2 is 2.10 bits per heavy atom. The quantitative estimate of drug-likeness (QED) is 0.866. The summed E-state index contributed by atoms with van der Waals surface area (Å²) in [5.74, 6) is 0.105. The predicted molar refractivity (Wildman–Crippen MR) is 87.8 cm³/mol. The lowest BCUT2D eigenvalue weighted by molar-refractivity contribution is -0.130. The molecular weight excluding hydrogens is 317 g/mol. The van der Waals surface area contributed by atoms with Gasteiger partial charge >= 0.3 is 0 Å². The normalized spacial score (nSPS) is 16.1. The van der Waals surface area contributed by atoms with Crippen LogP contribution in [0.15, 0.2) is 5.38 Å². The lowest BCUT2D eigenvalue weighted by Crippen LogP contribution is -2.43. The molecule has 0 saturated heterocycles. The van der Waals surface area contributed by atoms with Gasteiger partial charge in [-0.05, 0) is 19.3 Å². The van der Waals surface area contributed by atoms with Gasteiger partial charge in [-0.3, -0.25) is 4.79 Å². The fourth-order valence-corrected chi connectivity index (χ4v) is 3.27. The van der Waals surface area contributed by atoms with Gasteiger partial charge in [-0.25, -0.2) is 4.98 Å². The minimum absolute atomic E-state index is 0. The molecule has 0 aliphatic heterocycles. The van der Waals surface area contributed by atoms with E-state index in [4.69, 9.17) is 5.73 Å². The lowest BCUT2D eigenvalue weighted by atomic mass is 9.85. The summed E-state index contributed by atoms with van der Waals surface area (Å²) < 4.78 is 0. The molecule has 0 aromatic carbocycles. The van der Waals surface area contributed by atoms with E-state index in [-0.39, 0.29) is 36.1 Å². The van der Waals surface area contributed by atoms with E-state index >= 15 is 0 Å². The third-order valence-electron chi connectivity index (χ3n) is 3.76. The number of nitrogens with two attached hydrogens (primary N) is 1. The fourth-order valence-electron chi connectivity index (χ4n) is 2.53. The van der Waals surface area contributed by atoms with Crippen molar-refractivity contribution in [1.82, 2.24) is 10.3 Å². The van der Waals surface area contributed by atoms with Gasteiger partial charge in [-0.2, -0.15) is 0 Å². The first-order chi connectivity index (χ1) is 8.70. The number of hydrogen-bond donors (Lipinski definition) is 2. The van der Waals surface area contributed by atoms with Crippen LogP contribution in [-0.2, 0) is 17.8 Å². The number of aromatic nitrogens is 1. The number of amides is 1. The average Bonchev–Trinajstić information content (AvgIpc) is 3.05. The van der Waals surface area contributed by atoms with Crippen LogP contribution in [0, 0.1) is 5.41 Å². The zero-order chi connectivity index (χ0) is 13.0. The van der Waals surface area contributed by atoms with Crippen LogP contribution in [0.5, 0.6) is 0 Å². The standard InChI is InChI=1S/C13H21N3OS.2ClH/c1-2-11-16-10(8-18-11)7-15-12(17)13(9-14)5-3-4-6-13;;/h8H,2-7,9,14H2,1H3,(H,15,17);2*1H. The largest absolute Gasteiger partial charge is 0.350 e. The molecular formula is C13H23Cl2N3OS. The molecule has 3 N–H and O–H groups in total. The maximum Gasteiger partial charge on any atom is 0.227 e. The second-order valence-electron chi connectivity index (χ2n) is 4.96. The highest BCUT2D eigenvalue weighted by atomic mass is 35.5. The number of carbonyl (C=O) groups excluding carboxylic acids is 1. The van der Waals surface area contributed by atoms with Crippen molar-refractivity contribution in [2.75, 3.05) is 6.54 Å². The van der Waals surface area contributed by atoms with Crippen molar-refractivity contribution in [1.29, 1.82) is 0 Å². The SMILES string of the molecule is CCc1nc(CNC(=O)C2(CN)CCCC2)cs1.Cl.Cl. The maximum absolute atomic E-state index is 12.2. The van der Waals surface area contributed by atoms with Gasteiger partial charge in [-0.1, -0.05) is 19.8 Å². The van der Waals surface area contributed by atoms with E-state index in [2.05, 4.69) is 17.2 Å². The smallest absolute Gasteiger partial charge is 0.227 e. The molecule has 0 atom stereocenters. The van der Waals surface area contributed by atoms with Crippen LogP contribution >= 0.6 is 36.2 Å². The number of halogens is 2. The summed E-state index contributed by atoms with van der Waals surface area (Å²) in [6.07, 6.45) is 5.02.